The van der Waals surface area contributed by atoms with E-state index in [1.54, 1.807) is 11.3 Å². The Morgan fingerprint density at radius 1 is 1.35 bits per heavy atom. The zero-order chi connectivity index (χ0) is 18.1. The third kappa shape index (κ3) is 3.16. The summed E-state index contributed by atoms with van der Waals surface area (Å²) in [5.74, 6) is 2.06. The summed E-state index contributed by atoms with van der Waals surface area (Å²) in [5, 5.41) is 0.796. The lowest BCUT2D eigenvalue weighted by atomic mass is 9.89. The minimum Gasteiger partial charge on any atom is -0.493 e. The van der Waals surface area contributed by atoms with E-state index in [0.717, 1.165) is 53.6 Å². The number of aryl methyl sites for hydroxylation is 1. The Labute approximate surface area is 157 Å². The van der Waals surface area contributed by atoms with E-state index in [1.165, 1.54) is 10.4 Å². The van der Waals surface area contributed by atoms with Crippen molar-refractivity contribution in [1.29, 1.82) is 0 Å². The summed E-state index contributed by atoms with van der Waals surface area (Å²) >= 11 is 1.68. The third-order valence-electron chi connectivity index (χ3n) is 5.06. The van der Waals surface area contributed by atoms with E-state index < -0.39 is 0 Å². The largest absolute Gasteiger partial charge is 0.493 e. The lowest BCUT2D eigenvalue weighted by Crippen LogP contribution is -2.13. The molecule has 1 aliphatic carbocycles. The summed E-state index contributed by atoms with van der Waals surface area (Å²) in [6.45, 7) is 5.09. The second-order valence-corrected chi connectivity index (χ2v) is 8.23. The van der Waals surface area contributed by atoms with Crippen LogP contribution in [0, 0.1) is 5.92 Å². The Hall–Kier alpha value is -2.14. The van der Waals surface area contributed by atoms with Gasteiger partial charge in [0.15, 0.2) is 0 Å². The second kappa shape index (κ2) is 7.23. The van der Waals surface area contributed by atoms with E-state index in [-0.39, 0.29) is 5.56 Å². The lowest BCUT2D eigenvalue weighted by Gasteiger charge is -2.17. The van der Waals surface area contributed by atoms with Crippen LogP contribution in [0.25, 0.3) is 21.6 Å². The Bertz CT molecular complexity index is 989. The maximum Gasteiger partial charge on any atom is 0.260 e. The number of rotatable bonds is 5. The van der Waals surface area contributed by atoms with Crippen molar-refractivity contribution in [3.8, 4) is 17.1 Å². The predicted octanol–water partition coefficient (Wildman–Crippen LogP) is 4.96. The SMILES string of the molecule is CCCCOc1ccccc1-c1nc2sc3c(c2c(=O)[nH]1)CCC(C)C3. The molecule has 1 aliphatic rings. The first kappa shape index (κ1) is 17.3. The van der Waals surface area contributed by atoms with Crippen molar-refractivity contribution in [3.63, 3.8) is 0 Å². The summed E-state index contributed by atoms with van der Waals surface area (Å²) in [5.41, 5.74) is 2.04. The van der Waals surface area contributed by atoms with Crippen LogP contribution in [0.15, 0.2) is 29.1 Å². The zero-order valence-corrected chi connectivity index (χ0v) is 16.1. The van der Waals surface area contributed by atoms with Crippen LogP contribution in [0.2, 0.25) is 0 Å². The summed E-state index contributed by atoms with van der Waals surface area (Å²) in [4.78, 5) is 22.8. The van der Waals surface area contributed by atoms with Crippen LogP contribution in [0.5, 0.6) is 5.75 Å². The molecule has 0 spiro atoms. The number of aromatic amines is 1. The molecule has 4 rings (SSSR count). The molecule has 1 atom stereocenters. The average Bonchev–Trinajstić information content (AvgIpc) is 3.00. The number of unbranched alkanes of at least 4 members (excludes halogenated alkanes) is 1. The van der Waals surface area contributed by atoms with E-state index in [9.17, 15) is 4.79 Å². The van der Waals surface area contributed by atoms with Gasteiger partial charge < -0.3 is 9.72 Å². The Balaban J connectivity index is 1.78. The molecular weight excluding hydrogens is 344 g/mol. The highest BCUT2D eigenvalue weighted by Gasteiger charge is 2.23. The molecule has 3 aromatic rings. The minimum atomic E-state index is -0.0274. The predicted molar refractivity (Wildman–Crippen MR) is 107 cm³/mol. The molecule has 2 heterocycles. The average molecular weight is 369 g/mol. The third-order valence-corrected chi connectivity index (χ3v) is 6.21. The molecule has 0 amide bonds. The Morgan fingerprint density at radius 2 is 2.19 bits per heavy atom. The molecule has 1 N–H and O–H groups in total. The fourth-order valence-electron chi connectivity index (χ4n) is 3.59. The number of benzene rings is 1. The maximum atomic E-state index is 12.8. The van der Waals surface area contributed by atoms with Crippen molar-refractivity contribution < 1.29 is 4.74 Å². The van der Waals surface area contributed by atoms with Crippen LogP contribution < -0.4 is 10.3 Å². The van der Waals surface area contributed by atoms with E-state index in [1.807, 2.05) is 24.3 Å². The molecule has 0 radical (unpaired) electrons. The van der Waals surface area contributed by atoms with Crippen molar-refractivity contribution in [1.82, 2.24) is 9.97 Å². The van der Waals surface area contributed by atoms with Gasteiger partial charge in [0.2, 0.25) is 0 Å². The first-order chi connectivity index (χ1) is 12.7. The van der Waals surface area contributed by atoms with Crippen LogP contribution >= 0.6 is 11.3 Å². The number of aromatic nitrogens is 2. The fourth-order valence-corrected chi connectivity index (χ4v) is 4.97. The highest BCUT2D eigenvalue weighted by Crippen LogP contribution is 2.37. The van der Waals surface area contributed by atoms with Crippen molar-refractivity contribution >= 4 is 21.6 Å². The molecule has 0 fully saturated rings. The summed E-state index contributed by atoms with van der Waals surface area (Å²) in [6, 6.07) is 7.80. The van der Waals surface area contributed by atoms with Gasteiger partial charge in [-0.15, -0.1) is 11.3 Å². The molecule has 1 aromatic carbocycles. The van der Waals surface area contributed by atoms with Gasteiger partial charge in [0.05, 0.1) is 17.6 Å². The number of nitrogens with zero attached hydrogens (tertiary/aromatic N) is 1. The molecule has 5 heteroatoms. The summed E-state index contributed by atoms with van der Waals surface area (Å²) in [6.07, 6.45) is 5.28. The number of para-hydroxylation sites is 1. The first-order valence-corrected chi connectivity index (χ1v) is 10.3. The van der Waals surface area contributed by atoms with E-state index >= 15 is 0 Å². The topological polar surface area (TPSA) is 55.0 Å². The van der Waals surface area contributed by atoms with Gasteiger partial charge >= 0.3 is 0 Å². The van der Waals surface area contributed by atoms with Crippen LogP contribution in [0.4, 0.5) is 0 Å². The van der Waals surface area contributed by atoms with Crippen molar-refractivity contribution in [3.05, 3.63) is 45.1 Å². The summed E-state index contributed by atoms with van der Waals surface area (Å²) < 4.78 is 5.92. The van der Waals surface area contributed by atoms with Gasteiger partial charge in [-0.05, 0) is 49.3 Å². The van der Waals surface area contributed by atoms with E-state index in [0.29, 0.717) is 18.3 Å². The monoisotopic (exact) mass is 368 g/mol. The Kier molecular flexibility index (Phi) is 4.81. The van der Waals surface area contributed by atoms with Gasteiger partial charge in [-0.2, -0.15) is 0 Å². The highest BCUT2D eigenvalue weighted by atomic mass is 32.1. The first-order valence-electron chi connectivity index (χ1n) is 9.44. The molecule has 0 saturated heterocycles. The molecule has 4 nitrogen and oxygen atoms in total. The van der Waals surface area contributed by atoms with Gasteiger partial charge in [0.25, 0.3) is 5.56 Å². The number of ether oxygens (including phenoxy) is 1. The number of H-pyrrole nitrogens is 1. The fraction of sp³-hybridized carbons (Fsp3) is 0.429. The van der Waals surface area contributed by atoms with Gasteiger partial charge in [-0.3, -0.25) is 4.79 Å². The van der Waals surface area contributed by atoms with Crippen LogP contribution in [0.1, 0.15) is 43.6 Å². The number of nitrogens with one attached hydrogen (secondary N) is 1. The molecular formula is C21H24N2O2S. The molecule has 0 aliphatic heterocycles. The van der Waals surface area contributed by atoms with Crippen LogP contribution in [-0.2, 0) is 12.8 Å². The number of hydrogen-bond donors (Lipinski definition) is 1. The summed E-state index contributed by atoms with van der Waals surface area (Å²) in [7, 11) is 0. The zero-order valence-electron chi connectivity index (χ0n) is 15.3. The molecule has 2 aromatic heterocycles. The molecule has 1 unspecified atom stereocenters. The van der Waals surface area contributed by atoms with Crippen LogP contribution in [0.3, 0.4) is 0 Å². The van der Waals surface area contributed by atoms with Gasteiger partial charge in [-0.25, -0.2) is 4.98 Å². The maximum absolute atomic E-state index is 12.8. The highest BCUT2D eigenvalue weighted by molar-refractivity contribution is 7.18. The number of hydrogen-bond acceptors (Lipinski definition) is 4. The molecule has 0 saturated carbocycles. The second-order valence-electron chi connectivity index (χ2n) is 7.14. The molecule has 136 valence electrons. The number of thiophene rings is 1. The van der Waals surface area contributed by atoms with Gasteiger partial charge in [0, 0.05) is 4.88 Å². The minimum absolute atomic E-state index is 0.0274. The quantitative estimate of drug-likeness (QED) is 0.648. The van der Waals surface area contributed by atoms with Crippen molar-refractivity contribution in [2.45, 2.75) is 46.0 Å². The molecule has 26 heavy (non-hydrogen) atoms. The molecule has 0 bridgehead atoms. The van der Waals surface area contributed by atoms with Crippen LogP contribution in [-0.4, -0.2) is 16.6 Å². The van der Waals surface area contributed by atoms with Gasteiger partial charge in [0.1, 0.15) is 16.4 Å². The standard InChI is InChI=1S/C21H24N2O2S/c1-3-4-11-25-16-8-6-5-7-14(16)19-22-20(24)18-15-10-9-13(2)12-17(15)26-21(18)23-19/h5-8,13H,3-4,9-12H2,1-2H3,(H,22,23,24). The smallest absolute Gasteiger partial charge is 0.260 e. The Morgan fingerprint density at radius 3 is 3.04 bits per heavy atom. The number of fused-ring (bicyclic) bond motifs is 3. The van der Waals surface area contributed by atoms with Gasteiger partial charge in [-0.1, -0.05) is 32.4 Å². The van der Waals surface area contributed by atoms with E-state index in [4.69, 9.17) is 9.72 Å². The normalized spacial score (nSPS) is 16.6. The van der Waals surface area contributed by atoms with Crippen molar-refractivity contribution in [2.24, 2.45) is 5.92 Å². The lowest BCUT2D eigenvalue weighted by molar-refractivity contribution is 0.310. The van der Waals surface area contributed by atoms with E-state index in [2.05, 4.69) is 18.8 Å². The van der Waals surface area contributed by atoms with Crippen molar-refractivity contribution in [2.75, 3.05) is 6.61 Å².